The number of hydrogen-bond acceptors (Lipinski definition) is 3. The highest BCUT2D eigenvalue weighted by Crippen LogP contribution is 2.34. The maximum absolute atomic E-state index is 6.13. The fourth-order valence-electron chi connectivity index (χ4n) is 2.83. The van der Waals surface area contributed by atoms with Crippen LogP contribution < -0.4 is 5.73 Å². The zero-order valence-electron chi connectivity index (χ0n) is 12.7. The first-order chi connectivity index (χ1) is 9.35. The van der Waals surface area contributed by atoms with E-state index in [0.29, 0.717) is 11.3 Å². The monoisotopic (exact) mass is 312 g/mol. The molecule has 0 amide bonds. The average molecular weight is 313 g/mol. The molecule has 1 fully saturated rings. The third-order valence-electron chi connectivity index (χ3n) is 4.13. The molecular weight excluding hydrogens is 288 g/mol. The fourth-order valence-corrected chi connectivity index (χ4v) is 4.07. The van der Waals surface area contributed by atoms with Crippen LogP contribution in [0.2, 0.25) is 5.02 Å². The number of hydrogen-bond donors (Lipinski definition) is 1. The van der Waals surface area contributed by atoms with Gasteiger partial charge in [0.15, 0.2) is 0 Å². The summed E-state index contributed by atoms with van der Waals surface area (Å²) in [5.41, 5.74) is 7.45. The Morgan fingerprint density at radius 3 is 2.55 bits per heavy atom. The molecule has 1 atom stereocenters. The van der Waals surface area contributed by atoms with Gasteiger partial charge in [-0.15, -0.1) is 0 Å². The minimum atomic E-state index is 0.0199. The smallest absolute Gasteiger partial charge is 0.0406 e. The van der Waals surface area contributed by atoms with Gasteiger partial charge >= 0.3 is 0 Å². The molecule has 2 nitrogen and oxygen atoms in total. The fraction of sp³-hybridized carbons (Fsp3) is 0.625. The van der Waals surface area contributed by atoms with Crippen LogP contribution in [0.1, 0.15) is 26.3 Å². The maximum atomic E-state index is 6.13. The molecule has 1 saturated heterocycles. The SMILES string of the molecule is CC1(C)CN(C(C)(CN)Cc2ccc(Cl)cc2)CCS1. The molecule has 0 aromatic heterocycles. The summed E-state index contributed by atoms with van der Waals surface area (Å²) in [7, 11) is 0. The lowest BCUT2D eigenvalue weighted by atomic mass is 9.90. The number of rotatable bonds is 4. The molecule has 20 heavy (non-hydrogen) atoms. The summed E-state index contributed by atoms with van der Waals surface area (Å²) in [4.78, 5) is 2.57. The molecule has 112 valence electrons. The van der Waals surface area contributed by atoms with Crippen molar-refractivity contribution in [3.05, 3.63) is 34.9 Å². The Hall–Kier alpha value is -0.220. The summed E-state index contributed by atoms with van der Waals surface area (Å²) >= 11 is 8.02. The van der Waals surface area contributed by atoms with Crippen LogP contribution in [-0.4, -0.2) is 40.6 Å². The van der Waals surface area contributed by atoms with Gasteiger partial charge in [-0.25, -0.2) is 0 Å². The number of thioether (sulfide) groups is 1. The number of halogens is 1. The predicted molar refractivity (Wildman–Crippen MR) is 90.7 cm³/mol. The quantitative estimate of drug-likeness (QED) is 0.923. The summed E-state index contributed by atoms with van der Waals surface area (Å²) in [5.74, 6) is 1.18. The van der Waals surface area contributed by atoms with Crippen LogP contribution in [0.3, 0.4) is 0 Å². The average Bonchev–Trinajstić information content (AvgIpc) is 2.40. The number of nitrogens with zero attached hydrogens (tertiary/aromatic N) is 1. The van der Waals surface area contributed by atoms with Gasteiger partial charge in [-0.3, -0.25) is 4.90 Å². The highest BCUT2D eigenvalue weighted by Gasteiger charge is 2.37. The van der Waals surface area contributed by atoms with E-state index in [1.807, 2.05) is 12.1 Å². The molecule has 2 rings (SSSR count). The molecule has 2 N–H and O–H groups in total. The Morgan fingerprint density at radius 1 is 1.35 bits per heavy atom. The molecule has 1 heterocycles. The van der Waals surface area contributed by atoms with E-state index in [0.717, 1.165) is 24.5 Å². The molecular formula is C16H25ClN2S. The first-order valence-electron chi connectivity index (χ1n) is 7.18. The van der Waals surface area contributed by atoms with Crippen molar-refractivity contribution >= 4 is 23.4 Å². The molecule has 0 bridgehead atoms. The third-order valence-corrected chi connectivity index (χ3v) is 5.68. The lowest BCUT2D eigenvalue weighted by Gasteiger charge is -2.47. The summed E-state index contributed by atoms with van der Waals surface area (Å²) in [6.45, 7) is 9.82. The van der Waals surface area contributed by atoms with Crippen LogP contribution >= 0.6 is 23.4 Å². The van der Waals surface area contributed by atoms with Crippen LogP contribution in [-0.2, 0) is 6.42 Å². The number of nitrogens with two attached hydrogens (primary N) is 1. The normalized spacial score (nSPS) is 22.4. The first kappa shape index (κ1) is 16.2. The zero-order valence-corrected chi connectivity index (χ0v) is 14.2. The summed E-state index contributed by atoms with van der Waals surface area (Å²) in [6.07, 6.45) is 0.974. The van der Waals surface area contributed by atoms with Crippen molar-refractivity contribution in [3.63, 3.8) is 0 Å². The minimum Gasteiger partial charge on any atom is -0.329 e. The lowest BCUT2D eigenvalue weighted by molar-refractivity contribution is 0.104. The van der Waals surface area contributed by atoms with Gasteiger partial charge in [-0.1, -0.05) is 23.7 Å². The zero-order chi connectivity index (χ0) is 14.8. The van der Waals surface area contributed by atoms with Gasteiger partial charge < -0.3 is 5.73 Å². The molecule has 0 aliphatic carbocycles. The summed E-state index contributed by atoms with van der Waals surface area (Å²) in [6, 6.07) is 8.15. The third kappa shape index (κ3) is 3.91. The second kappa shape index (κ2) is 6.27. The van der Waals surface area contributed by atoms with E-state index < -0.39 is 0 Å². The molecule has 1 aliphatic rings. The van der Waals surface area contributed by atoms with Crippen LogP contribution in [0, 0.1) is 0 Å². The Morgan fingerprint density at radius 2 is 2.00 bits per heavy atom. The first-order valence-corrected chi connectivity index (χ1v) is 8.55. The van der Waals surface area contributed by atoms with Crippen molar-refractivity contribution in [1.29, 1.82) is 0 Å². The second-order valence-electron chi connectivity index (χ2n) is 6.53. The maximum Gasteiger partial charge on any atom is 0.0406 e. The number of benzene rings is 1. The van der Waals surface area contributed by atoms with Crippen molar-refractivity contribution in [1.82, 2.24) is 4.90 Å². The minimum absolute atomic E-state index is 0.0199. The van der Waals surface area contributed by atoms with Gasteiger partial charge in [0.05, 0.1) is 0 Å². The van der Waals surface area contributed by atoms with Crippen molar-refractivity contribution in [2.45, 2.75) is 37.5 Å². The van der Waals surface area contributed by atoms with Crippen LogP contribution in [0.4, 0.5) is 0 Å². The van der Waals surface area contributed by atoms with Gasteiger partial charge in [0.1, 0.15) is 0 Å². The van der Waals surface area contributed by atoms with Crippen molar-refractivity contribution in [3.8, 4) is 0 Å². The molecule has 0 saturated carbocycles. The van der Waals surface area contributed by atoms with Crippen LogP contribution in [0.15, 0.2) is 24.3 Å². The second-order valence-corrected chi connectivity index (χ2v) is 8.77. The molecule has 0 radical (unpaired) electrons. The van der Waals surface area contributed by atoms with Gasteiger partial charge in [-0.05, 0) is 44.9 Å². The standard InChI is InChI=1S/C16H25ClN2S/c1-15(2)12-19(8-9-20-15)16(3,11-18)10-13-4-6-14(17)7-5-13/h4-7H,8-12,18H2,1-3H3. The Balaban J connectivity index is 2.13. The summed E-state index contributed by atoms with van der Waals surface area (Å²) < 4.78 is 0.314. The largest absolute Gasteiger partial charge is 0.329 e. The van der Waals surface area contributed by atoms with E-state index in [9.17, 15) is 0 Å². The van der Waals surface area contributed by atoms with Crippen LogP contribution in [0.25, 0.3) is 0 Å². The van der Waals surface area contributed by atoms with Gasteiger partial charge in [0, 0.05) is 40.7 Å². The molecule has 1 unspecified atom stereocenters. The van der Waals surface area contributed by atoms with Crippen molar-refractivity contribution < 1.29 is 0 Å². The van der Waals surface area contributed by atoms with Crippen molar-refractivity contribution in [2.24, 2.45) is 5.73 Å². The van der Waals surface area contributed by atoms with Gasteiger partial charge in [0.2, 0.25) is 0 Å². The molecule has 1 aliphatic heterocycles. The van der Waals surface area contributed by atoms with Crippen molar-refractivity contribution in [2.75, 3.05) is 25.4 Å². The molecule has 1 aromatic carbocycles. The summed E-state index contributed by atoms with van der Waals surface area (Å²) in [5, 5.41) is 0.790. The van der Waals surface area contributed by atoms with Crippen LogP contribution in [0.5, 0.6) is 0 Å². The van der Waals surface area contributed by atoms with E-state index >= 15 is 0 Å². The Bertz CT molecular complexity index is 446. The van der Waals surface area contributed by atoms with E-state index in [2.05, 4.69) is 49.6 Å². The van der Waals surface area contributed by atoms with E-state index in [-0.39, 0.29) is 5.54 Å². The molecule has 0 spiro atoms. The highest BCUT2D eigenvalue weighted by atomic mass is 35.5. The topological polar surface area (TPSA) is 29.3 Å². The Kier molecular flexibility index (Phi) is 5.06. The Labute approximate surface area is 132 Å². The molecule has 1 aromatic rings. The molecule has 4 heteroatoms. The lowest BCUT2D eigenvalue weighted by Crippen LogP contribution is -2.59. The van der Waals surface area contributed by atoms with Gasteiger partial charge in [0.25, 0.3) is 0 Å². The predicted octanol–water partition coefficient (Wildman–Crippen LogP) is 3.43. The van der Waals surface area contributed by atoms with E-state index in [1.165, 1.54) is 11.3 Å². The van der Waals surface area contributed by atoms with Gasteiger partial charge in [-0.2, -0.15) is 11.8 Å². The van der Waals surface area contributed by atoms with E-state index in [4.69, 9.17) is 17.3 Å². The van der Waals surface area contributed by atoms with E-state index in [1.54, 1.807) is 0 Å². The highest BCUT2D eigenvalue weighted by molar-refractivity contribution is 8.00.